The monoisotopic (exact) mass is 620 g/mol. The molecule has 4 heterocycles. The second-order valence-corrected chi connectivity index (χ2v) is 12.2. The van der Waals surface area contributed by atoms with Crippen molar-refractivity contribution in [3.8, 4) is 56.9 Å². The molecule has 4 aromatic heterocycles. The minimum atomic E-state index is 0.582. The fourth-order valence-electron chi connectivity index (χ4n) is 5.89. The van der Waals surface area contributed by atoms with Crippen LogP contribution >= 0.6 is 11.3 Å². The topological polar surface area (TPSA) is 77.3 Å². The summed E-state index contributed by atoms with van der Waals surface area (Å²) in [5.41, 5.74) is 5.20. The molecule has 9 aromatic rings. The van der Waals surface area contributed by atoms with Crippen LogP contribution in [0.25, 0.3) is 88.0 Å². The minimum absolute atomic E-state index is 0.582. The second-order valence-electron chi connectivity index (χ2n) is 11.2. The van der Waals surface area contributed by atoms with E-state index in [4.69, 9.17) is 29.9 Å². The molecular formula is C40H24N6S. The molecule has 0 aliphatic heterocycles. The van der Waals surface area contributed by atoms with Gasteiger partial charge in [0.05, 0.1) is 5.69 Å². The van der Waals surface area contributed by atoms with Crippen molar-refractivity contribution in [2.45, 2.75) is 0 Å². The Morgan fingerprint density at radius 2 is 0.979 bits per heavy atom. The largest absolute Gasteiger partial charge is 0.254 e. The van der Waals surface area contributed by atoms with Crippen LogP contribution in [0.1, 0.15) is 0 Å². The molecule has 9 rings (SSSR count). The predicted molar refractivity (Wildman–Crippen MR) is 191 cm³/mol. The lowest BCUT2D eigenvalue weighted by Gasteiger charge is -2.10. The number of rotatable bonds is 5. The van der Waals surface area contributed by atoms with Gasteiger partial charge in [0.25, 0.3) is 0 Å². The van der Waals surface area contributed by atoms with Gasteiger partial charge in [-0.25, -0.2) is 24.9 Å². The second kappa shape index (κ2) is 11.3. The highest BCUT2D eigenvalue weighted by atomic mass is 32.1. The van der Waals surface area contributed by atoms with Crippen LogP contribution in [-0.2, 0) is 0 Å². The first-order valence-corrected chi connectivity index (χ1v) is 16.1. The molecule has 7 heteroatoms. The molecule has 220 valence electrons. The smallest absolute Gasteiger partial charge is 0.164 e. The van der Waals surface area contributed by atoms with Crippen molar-refractivity contribution in [3.05, 3.63) is 146 Å². The van der Waals surface area contributed by atoms with E-state index >= 15 is 0 Å². The molecule has 0 aliphatic carbocycles. The van der Waals surface area contributed by atoms with Gasteiger partial charge in [0.2, 0.25) is 0 Å². The van der Waals surface area contributed by atoms with Crippen molar-refractivity contribution >= 4 is 42.4 Å². The Bertz CT molecular complexity index is 2520. The molecule has 47 heavy (non-hydrogen) atoms. The van der Waals surface area contributed by atoms with Crippen LogP contribution in [0.5, 0.6) is 0 Å². The molecule has 0 unspecified atom stereocenters. The van der Waals surface area contributed by atoms with Crippen LogP contribution in [0.4, 0.5) is 0 Å². The average Bonchev–Trinajstić information content (AvgIpc) is 3.53. The van der Waals surface area contributed by atoms with E-state index in [1.54, 1.807) is 11.3 Å². The van der Waals surface area contributed by atoms with Gasteiger partial charge in [-0.3, -0.25) is 4.98 Å². The van der Waals surface area contributed by atoms with E-state index in [1.165, 1.54) is 0 Å². The summed E-state index contributed by atoms with van der Waals surface area (Å²) in [7, 11) is 0. The van der Waals surface area contributed by atoms with Crippen LogP contribution in [0.2, 0.25) is 0 Å². The Morgan fingerprint density at radius 3 is 1.68 bits per heavy atom. The molecule has 0 spiro atoms. The van der Waals surface area contributed by atoms with Gasteiger partial charge in [-0.15, -0.1) is 11.3 Å². The van der Waals surface area contributed by atoms with Crippen molar-refractivity contribution in [1.29, 1.82) is 0 Å². The summed E-state index contributed by atoms with van der Waals surface area (Å²) >= 11 is 1.67. The number of fused-ring (bicyclic) bond motifs is 4. The SMILES string of the molecule is c1ccc(-c2nc(-c3ccccc3)nc(-c3cccc(-c4nc(-c5cc6ccccc6cn5)c5c(n4)sc4ccccc45)c3)n2)cc1. The minimum Gasteiger partial charge on any atom is -0.254 e. The third kappa shape index (κ3) is 4.99. The van der Waals surface area contributed by atoms with E-state index in [0.29, 0.717) is 23.3 Å². The van der Waals surface area contributed by atoms with Gasteiger partial charge >= 0.3 is 0 Å². The zero-order chi connectivity index (χ0) is 31.2. The quantitative estimate of drug-likeness (QED) is 0.191. The van der Waals surface area contributed by atoms with Crippen LogP contribution < -0.4 is 0 Å². The summed E-state index contributed by atoms with van der Waals surface area (Å²) in [6.45, 7) is 0. The van der Waals surface area contributed by atoms with Crippen LogP contribution in [0.15, 0.2) is 146 Å². The Balaban J connectivity index is 1.23. The van der Waals surface area contributed by atoms with Crippen molar-refractivity contribution in [1.82, 2.24) is 29.9 Å². The van der Waals surface area contributed by atoms with Crippen molar-refractivity contribution in [3.63, 3.8) is 0 Å². The van der Waals surface area contributed by atoms with Crippen LogP contribution in [0, 0.1) is 0 Å². The van der Waals surface area contributed by atoms with E-state index < -0.39 is 0 Å². The Morgan fingerprint density at radius 1 is 0.426 bits per heavy atom. The van der Waals surface area contributed by atoms with E-state index in [-0.39, 0.29) is 0 Å². The Labute approximate surface area is 274 Å². The normalized spacial score (nSPS) is 11.4. The standard InChI is InChI=1S/C40H24N6S/c1-3-12-25(13-4-1)36-43-37(26-14-5-2-6-15-26)45-39(44-36)29-19-11-18-28(22-29)38-42-35(32-23-27-16-7-8-17-30(27)24-41-32)34-31-20-9-10-21-33(31)47-40(34)46-38/h1-24H. The summed E-state index contributed by atoms with van der Waals surface area (Å²) in [6, 6.07) is 46.9. The first kappa shape index (κ1) is 27.2. The molecule has 0 amide bonds. The number of nitrogens with zero attached hydrogens (tertiary/aromatic N) is 6. The predicted octanol–water partition coefficient (Wildman–Crippen LogP) is 9.91. The Kier molecular flexibility index (Phi) is 6.54. The van der Waals surface area contributed by atoms with Gasteiger partial charge in [-0.2, -0.15) is 0 Å². The van der Waals surface area contributed by atoms with Gasteiger partial charge in [-0.1, -0.05) is 121 Å². The maximum Gasteiger partial charge on any atom is 0.164 e. The first-order valence-electron chi connectivity index (χ1n) is 15.3. The summed E-state index contributed by atoms with van der Waals surface area (Å²) in [6.07, 6.45) is 1.92. The van der Waals surface area contributed by atoms with Gasteiger partial charge in [-0.05, 0) is 23.6 Å². The van der Waals surface area contributed by atoms with Gasteiger partial charge in [0, 0.05) is 49.3 Å². The van der Waals surface area contributed by atoms with Crippen molar-refractivity contribution < 1.29 is 0 Å². The molecule has 0 bridgehead atoms. The first-order chi connectivity index (χ1) is 23.3. The number of benzene rings is 5. The number of hydrogen-bond acceptors (Lipinski definition) is 7. The Hall–Kier alpha value is -6.18. The highest BCUT2D eigenvalue weighted by molar-refractivity contribution is 7.25. The van der Waals surface area contributed by atoms with Crippen molar-refractivity contribution in [2.24, 2.45) is 0 Å². The number of hydrogen-bond donors (Lipinski definition) is 0. The summed E-state index contributed by atoms with van der Waals surface area (Å²) in [5.74, 6) is 2.44. The van der Waals surface area contributed by atoms with Gasteiger partial charge < -0.3 is 0 Å². The van der Waals surface area contributed by atoms with E-state index in [1.807, 2.05) is 97.2 Å². The molecule has 0 atom stereocenters. The fourth-order valence-corrected chi connectivity index (χ4v) is 6.96. The number of thiophene rings is 1. The number of aromatic nitrogens is 6. The molecule has 5 aromatic carbocycles. The van der Waals surface area contributed by atoms with Gasteiger partial charge in [0.15, 0.2) is 23.3 Å². The third-order valence-corrected chi connectivity index (χ3v) is 9.26. The lowest BCUT2D eigenvalue weighted by Crippen LogP contribution is -2.00. The molecule has 0 saturated heterocycles. The lowest BCUT2D eigenvalue weighted by molar-refractivity contribution is 1.07. The van der Waals surface area contributed by atoms with E-state index in [0.717, 1.165) is 64.7 Å². The zero-order valence-corrected chi connectivity index (χ0v) is 25.8. The van der Waals surface area contributed by atoms with E-state index in [9.17, 15) is 0 Å². The van der Waals surface area contributed by atoms with Crippen molar-refractivity contribution in [2.75, 3.05) is 0 Å². The zero-order valence-electron chi connectivity index (χ0n) is 24.9. The van der Waals surface area contributed by atoms with Crippen LogP contribution in [-0.4, -0.2) is 29.9 Å². The molecule has 0 fully saturated rings. The average molecular weight is 621 g/mol. The molecule has 0 N–H and O–H groups in total. The summed E-state index contributed by atoms with van der Waals surface area (Å²) in [5, 5.41) is 4.35. The molecule has 6 nitrogen and oxygen atoms in total. The highest BCUT2D eigenvalue weighted by Crippen LogP contribution is 2.39. The molecule has 0 saturated carbocycles. The summed E-state index contributed by atoms with van der Waals surface area (Å²) < 4.78 is 1.16. The highest BCUT2D eigenvalue weighted by Gasteiger charge is 2.19. The van der Waals surface area contributed by atoms with Crippen LogP contribution in [0.3, 0.4) is 0 Å². The fraction of sp³-hybridized carbons (Fsp3) is 0. The molecular weight excluding hydrogens is 597 g/mol. The third-order valence-electron chi connectivity index (χ3n) is 8.19. The summed E-state index contributed by atoms with van der Waals surface area (Å²) in [4.78, 5) is 30.9. The maximum atomic E-state index is 5.22. The molecule has 0 aliphatic rings. The van der Waals surface area contributed by atoms with Gasteiger partial charge in [0.1, 0.15) is 10.5 Å². The lowest BCUT2D eigenvalue weighted by atomic mass is 10.1. The number of pyridine rings is 1. The molecule has 0 radical (unpaired) electrons. The van der Waals surface area contributed by atoms with E-state index in [2.05, 4.69) is 48.5 Å². The maximum absolute atomic E-state index is 5.22.